The third-order valence-corrected chi connectivity index (χ3v) is 8.63. The monoisotopic (exact) mass is 561 g/mol. The zero-order valence-corrected chi connectivity index (χ0v) is 24.2. The first-order chi connectivity index (χ1) is 19.5. The van der Waals surface area contributed by atoms with E-state index in [9.17, 15) is 8.42 Å². The van der Waals surface area contributed by atoms with E-state index in [2.05, 4.69) is 18.2 Å². The highest BCUT2D eigenvalue weighted by Gasteiger charge is 2.21. The van der Waals surface area contributed by atoms with Crippen molar-refractivity contribution in [3.63, 3.8) is 0 Å². The van der Waals surface area contributed by atoms with Crippen molar-refractivity contribution in [3.05, 3.63) is 96.2 Å². The number of allylic oxidation sites excluding steroid dienone is 1. The van der Waals surface area contributed by atoms with Gasteiger partial charge in [-0.15, -0.1) is 0 Å². The lowest BCUT2D eigenvalue weighted by Crippen LogP contribution is -2.11. The molecule has 4 rings (SSSR count). The van der Waals surface area contributed by atoms with Crippen molar-refractivity contribution in [2.45, 2.75) is 56.4 Å². The molecule has 1 aromatic heterocycles. The maximum Gasteiger partial charge on any atom is 0.268 e. The Balaban J connectivity index is 1.28. The molecule has 0 aliphatic rings. The molecule has 40 heavy (non-hydrogen) atoms. The van der Waals surface area contributed by atoms with Crippen molar-refractivity contribution >= 4 is 27.0 Å². The van der Waals surface area contributed by atoms with Gasteiger partial charge >= 0.3 is 0 Å². The van der Waals surface area contributed by atoms with Gasteiger partial charge in [-0.05, 0) is 61.2 Å². The van der Waals surface area contributed by atoms with E-state index in [1.54, 1.807) is 50.7 Å². The largest absolute Gasteiger partial charge is 0.497 e. The van der Waals surface area contributed by atoms with Gasteiger partial charge in [-0.2, -0.15) is 0 Å². The smallest absolute Gasteiger partial charge is 0.268 e. The molecule has 0 bridgehead atoms. The molecular formula is C33H39NO5S. The Morgan fingerprint density at radius 1 is 0.775 bits per heavy atom. The molecular weight excluding hydrogens is 522 g/mol. The summed E-state index contributed by atoms with van der Waals surface area (Å²) in [4.78, 5) is 0.200. The Hall–Kier alpha value is -3.55. The summed E-state index contributed by atoms with van der Waals surface area (Å²) >= 11 is 0. The summed E-state index contributed by atoms with van der Waals surface area (Å²) in [5.41, 5.74) is 2.67. The Morgan fingerprint density at radius 2 is 1.45 bits per heavy atom. The van der Waals surface area contributed by atoms with Gasteiger partial charge in [-0.25, -0.2) is 12.4 Å². The van der Waals surface area contributed by atoms with Crippen LogP contribution < -0.4 is 9.47 Å². The van der Waals surface area contributed by atoms with E-state index >= 15 is 0 Å². The molecule has 6 nitrogen and oxygen atoms in total. The Bertz CT molecular complexity index is 1470. The van der Waals surface area contributed by atoms with E-state index < -0.39 is 10.0 Å². The second-order valence-electron chi connectivity index (χ2n) is 9.79. The van der Waals surface area contributed by atoms with Gasteiger partial charge in [0.1, 0.15) is 11.5 Å². The maximum absolute atomic E-state index is 13.5. The van der Waals surface area contributed by atoms with Crippen LogP contribution in [0.1, 0.15) is 56.1 Å². The molecule has 0 atom stereocenters. The van der Waals surface area contributed by atoms with Gasteiger partial charge in [-0.1, -0.05) is 68.2 Å². The second-order valence-corrected chi connectivity index (χ2v) is 11.6. The summed E-state index contributed by atoms with van der Waals surface area (Å²) in [7, 11) is -0.670. The number of hydrogen-bond acceptors (Lipinski definition) is 5. The summed E-state index contributed by atoms with van der Waals surface area (Å²) in [5.74, 6) is 1.21. The fourth-order valence-corrected chi connectivity index (χ4v) is 6.04. The molecule has 0 fully saturated rings. The first kappa shape index (κ1) is 29.4. The first-order valence-electron chi connectivity index (χ1n) is 13.9. The number of ether oxygens (including phenoxy) is 3. The predicted octanol–water partition coefficient (Wildman–Crippen LogP) is 7.86. The molecule has 0 amide bonds. The lowest BCUT2D eigenvalue weighted by Gasteiger charge is -2.09. The molecule has 4 aromatic rings. The van der Waals surface area contributed by atoms with Gasteiger partial charge in [0.25, 0.3) is 10.0 Å². The zero-order chi connectivity index (χ0) is 28.2. The van der Waals surface area contributed by atoms with Crippen LogP contribution in [-0.4, -0.2) is 33.2 Å². The van der Waals surface area contributed by atoms with Crippen LogP contribution in [0.4, 0.5) is 0 Å². The number of rotatable bonds is 16. The SMILES string of the molecule is COc1ccc(S(=O)(=O)n2cc(/C=C\CCCCCCCCOCc3ccccc3)c3ccc(OC)cc32)cc1. The highest BCUT2D eigenvalue weighted by atomic mass is 32.2. The van der Waals surface area contributed by atoms with Crippen LogP contribution in [0, 0.1) is 0 Å². The summed E-state index contributed by atoms with van der Waals surface area (Å²) < 4.78 is 44.7. The van der Waals surface area contributed by atoms with E-state index in [0.717, 1.165) is 36.8 Å². The van der Waals surface area contributed by atoms with Gasteiger partial charge in [0.15, 0.2) is 0 Å². The van der Waals surface area contributed by atoms with E-state index in [1.165, 1.54) is 35.2 Å². The lowest BCUT2D eigenvalue weighted by molar-refractivity contribution is 0.116. The Morgan fingerprint density at radius 3 is 2.17 bits per heavy atom. The maximum atomic E-state index is 13.5. The summed E-state index contributed by atoms with van der Waals surface area (Å²) in [5, 5.41) is 0.864. The van der Waals surface area contributed by atoms with Gasteiger partial charge in [0.2, 0.25) is 0 Å². The minimum absolute atomic E-state index is 0.200. The lowest BCUT2D eigenvalue weighted by atomic mass is 10.1. The molecule has 0 aliphatic heterocycles. The number of fused-ring (bicyclic) bond motifs is 1. The molecule has 0 aliphatic carbocycles. The molecule has 0 radical (unpaired) electrons. The quantitative estimate of drug-likeness (QED) is 0.130. The molecule has 3 aromatic carbocycles. The van der Waals surface area contributed by atoms with Crippen LogP contribution in [0.3, 0.4) is 0 Å². The van der Waals surface area contributed by atoms with Gasteiger partial charge in [0.05, 0.1) is 31.2 Å². The number of benzene rings is 3. The van der Waals surface area contributed by atoms with E-state index in [0.29, 0.717) is 23.6 Å². The number of aromatic nitrogens is 1. The van der Waals surface area contributed by atoms with Gasteiger partial charge in [-0.3, -0.25) is 0 Å². The van der Waals surface area contributed by atoms with Gasteiger partial charge < -0.3 is 14.2 Å². The molecule has 0 unspecified atom stereocenters. The Labute approximate surface area is 238 Å². The van der Waals surface area contributed by atoms with Crippen molar-refractivity contribution < 1.29 is 22.6 Å². The molecule has 0 N–H and O–H groups in total. The van der Waals surface area contributed by atoms with Crippen LogP contribution in [0.25, 0.3) is 17.0 Å². The third kappa shape index (κ3) is 7.77. The van der Waals surface area contributed by atoms with Crippen LogP contribution in [-0.2, 0) is 21.4 Å². The molecule has 7 heteroatoms. The van der Waals surface area contributed by atoms with Crippen LogP contribution in [0.15, 0.2) is 90.0 Å². The fourth-order valence-electron chi connectivity index (χ4n) is 4.67. The third-order valence-electron chi connectivity index (χ3n) is 6.94. The summed E-state index contributed by atoms with van der Waals surface area (Å²) in [6.45, 7) is 1.50. The molecule has 212 valence electrons. The molecule has 1 heterocycles. The fraction of sp³-hybridized carbons (Fsp3) is 0.333. The number of hydrogen-bond donors (Lipinski definition) is 0. The van der Waals surface area contributed by atoms with E-state index in [1.807, 2.05) is 36.4 Å². The van der Waals surface area contributed by atoms with Crippen molar-refractivity contribution in [1.29, 1.82) is 0 Å². The second kappa shape index (κ2) is 14.7. The van der Waals surface area contributed by atoms with Crippen LogP contribution in [0.2, 0.25) is 0 Å². The van der Waals surface area contributed by atoms with Crippen molar-refractivity contribution in [3.8, 4) is 11.5 Å². The Kier molecular flexibility index (Phi) is 10.8. The standard InChI is InChI=1S/C33H39NO5S/c1-37-29-17-20-31(21-18-29)40(35,36)34-25-28(32-22-19-30(38-2)24-33(32)34)16-12-7-5-3-4-6-8-13-23-39-26-27-14-10-9-11-15-27/h9-12,14-22,24-25H,3-8,13,23,26H2,1-2H3/b16-12-. The zero-order valence-electron chi connectivity index (χ0n) is 23.4. The van der Waals surface area contributed by atoms with Crippen molar-refractivity contribution in [2.24, 2.45) is 0 Å². The summed E-state index contributed by atoms with van der Waals surface area (Å²) in [6, 6.07) is 22.3. The topological polar surface area (TPSA) is 66.8 Å². The van der Waals surface area contributed by atoms with Crippen LogP contribution >= 0.6 is 0 Å². The van der Waals surface area contributed by atoms with E-state index in [-0.39, 0.29) is 4.90 Å². The van der Waals surface area contributed by atoms with Crippen LogP contribution in [0.5, 0.6) is 11.5 Å². The first-order valence-corrected chi connectivity index (χ1v) is 15.3. The summed E-state index contributed by atoms with van der Waals surface area (Å²) in [6.07, 6.45) is 13.8. The average Bonchev–Trinajstić information content (AvgIpc) is 3.36. The minimum Gasteiger partial charge on any atom is -0.497 e. The number of unbranched alkanes of at least 4 members (excludes halogenated alkanes) is 6. The number of nitrogens with zero attached hydrogens (tertiary/aromatic N) is 1. The van der Waals surface area contributed by atoms with Gasteiger partial charge in [0, 0.05) is 29.8 Å². The number of methoxy groups -OCH3 is 2. The molecule has 0 spiro atoms. The van der Waals surface area contributed by atoms with E-state index in [4.69, 9.17) is 14.2 Å². The molecule has 0 saturated heterocycles. The van der Waals surface area contributed by atoms with Crippen molar-refractivity contribution in [2.75, 3.05) is 20.8 Å². The average molecular weight is 562 g/mol. The van der Waals surface area contributed by atoms with Crippen molar-refractivity contribution in [1.82, 2.24) is 3.97 Å². The normalized spacial score (nSPS) is 11.8. The highest BCUT2D eigenvalue weighted by Crippen LogP contribution is 2.30. The predicted molar refractivity (Wildman–Crippen MR) is 162 cm³/mol. The minimum atomic E-state index is -3.80. The highest BCUT2D eigenvalue weighted by molar-refractivity contribution is 7.90. The molecule has 0 saturated carbocycles.